The Hall–Kier alpha value is -1.37. The van der Waals surface area contributed by atoms with Gasteiger partial charge in [0.25, 0.3) is 5.91 Å². The van der Waals surface area contributed by atoms with Gasteiger partial charge in [0.2, 0.25) is 0 Å². The van der Waals surface area contributed by atoms with Crippen molar-refractivity contribution in [1.82, 2.24) is 0 Å². The number of rotatable bonds is 3. The van der Waals surface area contributed by atoms with Gasteiger partial charge in [-0.3, -0.25) is 4.79 Å². The minimum Gasteiger partial charge on any atom is -0.478 e. The Morgan fingerprint density at radius 1 is 1.33 bits per heavy atom. The van der Waals surface area contributed by atoms with Crippen LogP contribution in [0, 0.1) is 13.8 Å². The smallest absolute Gasteiger partial charge is 0.338 e. The van der Waals surface area contributed by atoms with Crippen molar-refractivity contribution >= 4 is 55.7 Å². The number of carbonyl (C=O) groups excluding carboxylic acids is 1. The number of carboxylic acids is 1. The number of anilines is 1. The number of aromatic carboxylic acids is 1. The molecule has 0 unspecified atom stereocenters. The number of carboxylic acid groups (broad SMARTS) is 1. The zero-order valence-electron chi connectivity index (χ0n) is 11.2. The van der Waals surface area contributed by atoms with Crippen LogP contribution in [0.3, 0.4) is 0 Å². The molecule has 0 fully saturated rings. The minimum atomic E-state index is -1.06. The first kappa shape index (κ1) is 16.0. The Morgan fingerprint density at radius 3 is 2.62 bits per heavy atom. The molecule has 0 spiro atoms. The highest BCUT2D eigenvalue weighted by Gasteiger charge is 2.21. The molecule has 1 amide bonds. The third-order valence-electron chi connectivity index (χ3n) is 3.02. The molecule has 0 saturated heterocycles. The fourth-order valence-corrected chi connectivity index (χ4v) is 3.45. The third kappa shape index (κ3) is 3.12. The maximum absolute atomic E-state index is 12.3. The van der Waals surface area contributed by atoms with Crippen LogP contribution in [0.25, 0.3) is 0 Å². The number of halogens is 2. The molecule has 0 bridgehead atoms. The molecule has 1 aromatic heterocycles. The Balaban J connectivity index is 2.39. The van der Waals surface area contributed by atoms with Crippen LogP contribution in [0.4, 0.5) is 5.00 Å². The number of hydrogen-bond donors (Lipinski definition) is 2. The largest absolute Gasteiger partial charge is 0.478 e. The van der Waals surface area contributed by atoms with Gasteiger partial charge in [0, 0.05) is 9.35 Å². The summed E-state index contributed by atoms with van der Waals surface area (Å²) >= 11 is 10.6. The summed E-state index contributed by atoms with van der Waals surface area (Å²) < 4.78 is 0.605. The monoisotopic (exact) mass is 387 g/mol. The first-order valence-electron chi connectivity index (χ1n) is 5.91. The molecule has 0 saturated carbocycles. The van der Waals surface area contributed by atoms with E-state index in [1.54, 1.807) is 25.1 Å². The van der Waals surface area contributed by atoms with Crippen LogP contribution in [0.5, 0.6) is 0 Å². The van der Waals surface area contributed by atoms with Gasteiger partial charge in [0.05, 0.1) is 16.1 Å². The van der Waals surface area contributed by atoms with Crippen molar-refractivity contribution in [1.29, 1.82) is 0 Å². The Labute approximate surface area is 138 Å². The summed E-state index contributed by atoms with van der Waals surface area (Å²) in [6, 6.07) is 4.99. The summed E-state index contributed by atoms with van der Waals surface area (Å²) in [4.78, 5) is 24.4. The van der Waals surface area contributed by atoms with E-state index in [1.165, 1.54) is 11.3 Å². The summed E-state index contributed by atoms with van der Waals surface area (Å²) in [7, 11) is 0. The van der Waals surface area contributed by atoms with E-state index in [-0.39, 0.29) is 16.1 Å². The molecule has 4 nitrogen and oxygen atoms in total. The molecule has 2 rings (SSSR count). The molecular weight excluding hydrogens is 378 g/mol. The molecule has 0 aliphatic heterocycles. The fraction of sp³-hybridized carbons (Fsp3) is 0.143. The van der Waals surface area contributed by atoms with Crippen LogP contribution in [0.2, 0.25) is 5.02 Å². The van der Waals surface area contributed by atoms with Gasteiger partial charge >= 0.3 is 5.97 Å². The predicted molar refractivity (Wildman–Crippen MR) is 87.9 cm³/mol. The van der Waals surface area contributed by atoms with E-state index in [4.69, 9.17) is 11.6 Å². The van der Waals surface area contributed by atoms with Crippen LogP contribution in [-0.4, -0.2) is 17.0 Å². The Kier molecular flexibility index (Phi) is 4.70. The molecule has 110 valence electrons. The number of nitrogens with one attached hydrogen (secondary N) is 1. The lowest BCUT2D eigenvalue weighted by Gasteiger charge is -2.07. The van der Waals surface area contributed by atoms with Crippen LogP contribution in [0.15, 0.2) is 22.7 Å². The van der Waals surface area contributed by atoms with Crippen LogP contribution in [-0.2, 0) is 0 Å². The summed E-state index contributed by atoms with van der Waals surface area (Å²) in [5.41, 5.74) is 1.06. The molecule has 7 heteroatoms. The molecule has 1 heterocycles. The van der Waals surface area contributed by atoms with Gasteiger partial charge in [-0.2, -0.15) is 0 Å². The molecule has 1 aromatic carbocycles. The van der Waals surface area contributed by atoms with E-state index in [0.717, 1.165) is 4.88 Å². The van der Waals surface area contributed by atoms with Gasteiger partial charge in [-0.25, -0.2) is 4.79 Å². The van der Waals surface area contributed by atoms with Crippen molar-refractivity contribution in [2.24, 2.45) is 0 Å². The van der Waals surface area contributed by atoms with Gasteiger partial charge in [0.1, 0.15) is 5.00 Å². The summed E-state index contributed by atoms with van der Waals surface area (Å²) in [6.45, 7) is 3.53. The quantitative estimate of drug-likeness (QED) is 0.798. The highest BCUT2D eigenvalue weighted by Crippen LogP contribution is 2.33. The van der Waals surface area contributed by atoms with E-state index in [2.05, 4.69) is 21.2 Å². The fourth-order valence-electron chi connectivity index (χ4n) is 1.82. The molecule has 0 radical (unpaired) electrons. The summed E-state index contributed by atoms with van der Waals surface area (Å²) in [5, 5.41) is 12.5. The first-order chi connectivity index (χ1) is 9.82. The number of carbonyl (C=O) groups is 2. The second kappa shape index (κ2) is 6.17. The van der Waals surface area contributed by atoms with Crippen molar-refractivity contribution in [3.63, 3.8) is 0 Å². The average Bonchev–Trinajstić information content (AvgIpc) is 2.67. The lowest BCUT2D eigenvalue weighted by Crippen LogP contribution is -2.14. The zero-order valence-corrected chi connectivity index (χ0v) is 14.3. The van der Waals surface area contributed by atoms with Crippen molar-refractivity contribution in [3.8, 4) is 0 Å². The zero-order chi connectivity index (χ0) is 15.7. The maximum Gasteiger partial charge on any atom is 0.338 e. The maximum atomic E-state index is 12.3. The second-order valence-corrected chi connectivity index (χ2v) is 6.81. The van der Waals surface area contributed by atoms with Crippen LogP contribution < -0.4 is 5.32 Å². The van der Waals surface area contributed by atoms with Crippen LogP contribution >= 0.6 is 38.9 Å². The molecule has 0 aliphatic carbocycles. The van der Waals surface area contributed by atoms with Crippen molar-refractivity contribution < 1.29 is 14.7 Å². The van der Waals surface area contributed by atoms with Gasteiger partial charge in [-0.05, 0) is 47.5 Å². The van der Waals surface area contributed by atoms with Crippen molar-refractivity contribution in [2.75, 3.05) is 5.32 Å². The van der Waals surface area contributed by atoms with Crippen molar-refractivity contribution in [3.05, 3.63) is 49.3 Å². The van der Waals surface area contributed by atoms with E-state index >= 15 is 0 Å². The minimum absolute atomic E-state index is 0.122. The molecular formula is C14H11BrClNO3S. The molecule has 0 aliphatic rings. The number of aryl methyl sites for hydroxylation is 1. The number of benzene rings is 1. The Bertz CT molecular complexity index is 742. The van der Waals surface area contributed by atoms with Gasteiger partial charge in [-0.15, -0.1) is 11.3 Å². The molecule has 21 heavy (non-hydrogen) atoms. The number of hydrogen-bond acceptors (Lipinski definition) is 3. The molecule has 2 N–H and O–H groups in total. The van der Waals surface area contributed by atoms with E-state index < -0.39 is 11.9 Å². The second-order valence-electron chi connectivity index (χ2n) is 4.35. The van der Waals surface area contributed by atoms with Gasteiger partial charge < -0.3 is 10.4 Å². The summed E-state index contributed by atoms with van der Waals surface area (Å²) in [6.07, 6.45) is 0. The molecule has 0 atom stereocenters. The van der Waals surface area contributed by atoms with E-state index in [9.17, 15) is 14.7 Å². The van der Waals surface area contributed by atoms with Crippen LogP contribution in [0.1, 0.15) is 31.2 Å². The third-order valence-corrected chi connectivity index (χ3v) is 5.44. The normalized spacial score (nSPS) is 10.5. The van der Waals surface area contributed by atoms with Gasteiger partial charge in [0.15, 0.2) is 0 Å². The average molecular weight is 389 g/mol. The van der Waals surface area contributed by atoms with Crippen molar-refractivity contribution in [2.45, 2.75) is 13.8 Å². The topological polar surface area (TPSA) is 66.4 Å². The van der Waals surface area contributed by atoms with Gasteiger partial charge in [-0.1, -0.05) is 17.7 Å². The molecule has 2 aromatic rings. The number of amides is 1. The van der Waals surface area contributed by atoms with E-state index in [1.807, 2.05) is 6.92 Å². The lowest BCUT2D eigenvalue weighted by atomic mass is 10.1. The number of thiophene rings is 1. The highest BCUT2D eigenvalue weighted by molar-refractivity contribution is 9.10. The first-order valence-corrected chi connectivity index (χ1v) is 7.90. The highest BCUT2D eigenvalue weighted by atomic mass is 79.9. The van der Waals surface area contributed by atoms with E-state index in [0.29, 0.717) is 15.0 Å². The standard InChI is InChI=1S/C14H11BrClNO3S/c1-6-7(2)21-13(10(6)14(19)20)17-12(18)8-4-3-5-9(15)11(8)16/h3-5H,1-2H3,(H,17,18)(H,19,20). The predicted octanol–water partition coefficient (Wildman–Crippen LogP) is 4.73. The summed E-state index contributed by atoms with van der Waals surface area (Å²) in [5.74, 6) is -1.50. The SMILES string of the molecule is Cc1sc(NC(=O)c2cccc(Br)c2Cl)c(C(=O)O)c1C. The Morgan fingerprint density at radius 2 is 2.00 bits per heavy atom. The lowest BCUT2D eigenvalue weighted by molar-refractivity contribution is 0.0697.